The second-order valence-corrected chi connectivity index (χ2v) is 6.69. The summed E-state index contributed by atoms with van der Waals surface area (Å²) in [7, 11) is 0. The van der Waals surface area contributed by atoms with Gasteiger partial charge in [-0.3, -0.25) is 10.1 Å². The van der Waals surface area contributed by atoms with Crippen molar-refractivity contribution in [2.24, 2.45) is 0 Å². The Morgan fingerprint density at radius 3 is 2.27 bits per heavy atom. The predicted molar refractivity (Wildman–Crippen MR) is 90.1 cm³/mol. The molecule has 2 rings (SSSR count). The molecule has 0 amide bonds. The zero-order chi connectivity index (χ0) is 16.3. The first-order valence-corrected chi connectivity index (χ1v) is 7.42. The molecule has 0 spiro atoms. The van der Waals surface area contributed by atoms with E-state index in [9.17, 15) is 10.1 Å². The van der Waals surface area contributed by atoms with Crippen LogP contribution in [0.1, 0.15) is 26.3 Å². The Labute approximate surface area is 135 Å². The highest BCUT2D eigenvalue weighted by molar-refractivity contribution is 6.30. The van der Waals surface area contributed by atoms with Gasteiger partial charge in [-0.2, -0.15) is 0 Å². The summed E-state index contributed by atoms with van der Waals surface area (Å²) in [6.07, 6.45) is 0. The molecule has 0 aromatic heterocycles. The normalized spacial score (nSPS) is 11.5. The number of non-ortho nitro benzene ring substituents is 1. The molecule has 0 atom stereocenters. The molecule has 0 aliphatic carbocycles. The first-order valence-electron chi connectivity index (χ1n) is 7.04. The van der Waals surface area contributed by atoms with Crippen molar-refractivity contribution in [3.8, 4) is 11.1 Å². The first-order chi connectivity index (χ1) is 10.2. The van der Waals surface area contributed by atoms with Crippen LogP contribution in [0.5, 0.6) is 0 Å². The molecule has 0 unspecified atom stereocenters. The van der Waals surface area contributed by atoms with Gasteiger partial charge in [0.25, 0.3) is 5.69 Å². The summed E-state index contributed by atoms with van der Waals surface area (Å²) in [5.74, 6) is 0. The zero-order valence-electron chi connectivity index (χ0n) is 12.9. The molecular weight excluding hydrogens is 300 g/mol. The minimum absolute atomic E-state index is 0.0505. The lowest BCUT2D eigenvalue weighted by Crippen LogP contribution is -2.35. The summed E-state index contributed by atoms with van der Waals surface area (Å²) in [5.41, 5.74) is 2.65. The molecule has 0 radical (unpaired) electrons. The van der Waals surface area contributed by atoms with Crippen LogP contribution in [-0.4, -0.2) is 10.5 Å². The van der Waals surface area contributed by atoms with E-state index in [0.29, 0.717) is 11.6 Å². The van der Waals surface area contributed by atoms with E-state index in [4.69, 9.17) is 11.6 Å². The van der Waals surface area contributed by atoms with Gasteiger partial charge in [0.05, 0.1) is 4.92 Å². The van der Waals surface area contributed by atoms with Crippen molar-refractivity contribution in [2.45, 2.75) is 32.9 Å². The molecule has 4 nitrogen and oxygen atoms in total. The van der Waals surface area contributed by atoms with Gasteiger partial charge in [0.2, 0.25) is 0 Å². The maximum atomic E-state index is 11.2. The second kappa shape index (κ2) is 6.46. The molecule has 22 heavy (non-hydrogen) atoms. The molecule has 2 aromatic rings. The first kappa shape index (κ1) is 16.5. The van der Waals surface area contributed by atoms with E-state index in [-0.39, 0.29) is 16.1 Å². The molecule has 0 aliphatic heterocycles. The van der Waals surface area contributed by atoms with Crippen LogP contribution in [0.4, 0.5) is 5.69 Å². The Balaban J connectivity index is 2.39. The summed E-state index contributed by atoms with van der Waals surface area (Å²) >= 11 is 5.89. The van der Waals surface area contributed by atoms with Gasteiger partial charge >= 0.3 is 0 Å². The quantitative estimate of drug-likeness (QED) is 0.650. The van der Waals surface area contributed by atoms with Gasteiger partial charge in [-0.25, -0.2) is 0 Å². The van der Waals surface area contributed by atoms with E-state index in [1.54, 1.807) is 24.3 Å². The van der Waals surface area contributed by atoms with Gasteiger partial charge in [0, 0.05) is 29.2 Å². The van der Waals surface area contributed by atoms with Crippen LogP contribution in [-0.2, 0) is 6.54 Å². The smallest absolute Gasteiger partial charge is 0.270 e. The van der Waals surface area contributed by atoms with Crippen molar-refractivity contribution in [3.05, 3.63) is 63.2 Å². The fourth-order valence-corrected chi connectivity index (χ4v) is 2.18. The average molecular weight is 319 g/mol. The Morgan fingerprint density at radius 2 is 1.73 bits per heavy atom. The van der Waals surface area contributed by atoms with Crippen molar-refractivity contribution in [2.75, 3.05) is 0 Å². The lowest BCUT2D eigenvalue weighted by atomic mass is 10.0. The minimum Gasteiger partial charge on any atom is -0.308 e. The van der Waals surface area contributed by atoms with E-state index >= 15 is 0 Å². The maximum Gasteiger partial charge on any atom is 0.270 e. The van der Waals surface area contributed by atoms with Crippen molar-refractivity contribution in [1.82, 2.24) is 5.32 Å². The number of hydrogen-bond donors (Lipinski definition) is 1. The molecule has 0 aliphatic rings. The number of nitrogens with zero attached hydrogens (tertiary/aromatic N) is 1. The number of nitrogens with one attached hydrogen (secondary N) is 1. The van der Waals surface area contributed by atoms with Crippen LogP contribution < -0.4 is 5.32 Å². The number of halogens is 1. The number of benzene rings is 2. The zero-order valence-corrected chi connectivity index (χ0v) is 13.6. The molecule has 2 aromatic carbocycles. The van der Waals surface area contributed by atoms with Gasteiger partial charge < -0.3 is 5.32 Å². The highest BCUT2D eigenvalue weighted by Crippen LogP contribution is 2.27. The Bertz CT molecular complexity index is 676. The summed E-state index contributed by atoms with van der Waals surface area (Å²) < 4.78 is 0. The molecule has 116 valence electrons. The van der Waals surface area contributed by atoms with Crippen LogP contribution >= 0.6 is 11.6 Å². The van der Waals surface area contributed by atoms with Crippen LogP contribution in [0.25, 0.3) is 11.1 Å². The summed E-state index contributed by atoms with van der Waals surface area (Å²) in [4.78, 5) is 10.8. The second-order valence-electron chi connectivity index (χ2n) is 6.26. The molecule has 0 saturated heterocycles. The summed E-state index contributed by atoms with van der Waals surface area (Å²) in [5, 5.41) is 15.1. The van der Waals surface area contributed by atoms with Gasteiger partial charge in [-0.15, -0.1) is 0 Å². The van der Waals surface area contributed by atoms with Crippen molar-refractivity contribution < 1.29 is 4.92 Å². The number of hydrogen-bond acceptors (Lipinski definition) is 3. The third-order valence-corrected chi connectivity index (χ3v) is 3.44. The molecule has 1 N–H and O–H groups in total. The topological polar surface area (TPSA) is 55.2 Å². The summed E-state index contributed by atoms with van der Waals surface area (Å²) in [6, 6.07) is 12.5. The molecule has 0 bridgehead atoms. The monoisotopic (exact) mass is 318 g/mol. The predicted octanol–water partition coefficient (Wildman–Crippen LogP) is 4.80. The van der Waals surface area contributed by atoms with Gasteiger partial charge in [-0.05, 0) is 55.7 Å². The van der Waals surface area contributed by atoms with E-state index in [1.165, 1.54) is 0 Å². The molecule has 5 heteroatoms. The fourth-order valence-electron chi connectivity index (χ4n) is 2.06. The highest BCUT2D eigenvalue weighted by Gasteiger charge is 2.13. The molecule has 0 heterocycles. The third kappa shape index (κ3) is 4.55. The van der Waals surface area contributed by atoms with E-state index in [0.717, 1.165) is 16.7 Å². The molecule has 0 saturated carbocycles. The van der Waals surface area contributed by atoms with Gasteiger partial charge in [-0.1, -0.05) is 23.7 Å². The number of nitro benzene ring substituents is 1. The van der Waals surface area contributed by atoms with Gasteiger partial charge in [0.15, 0.2) is 0 Å². The third-order valence-electron chi connectivity index (χ3n) is 3.19. The van der Waals surface area contributed by atoms with E-state index in [1.807, 2.05) is 18.2 Å². The van der Waals surface area contributed by atoms with Crippen LogP contribution in [0.2, 0.25) is 5.02 Å². The SMILES string of the molecule is CC(C)(C)NCc1cc(-c2ccc(Cl)cc2)cc([N+](=O)[O-])c1. The highest BCUT2D eigenvalue weighted by atomic mass is 35.5. The number of nitro groups is 1. The lowest BCUT2D eigenvalue weighted by Gasteiger charge is -2.20. The Kier molecular flexibility index (Phi) is 4.84. The number of rotatable bonds is 4. The van der Waals surface area contributed by atoms with Crippen LogP contribution in [0, 0.1) is 10.1 Å². The average Bonchev–Trinajstić information content (AvgIpc) is 2.45. The van der Waals surface area contributed by atoms with Crippen molar-refractivity contribution in [1.29, 1.82) is 0 Å². The largest absolute Gasteiger partial charge is 0.308 e. The standard InChI is InChI=1S/C17H19ClN2O2/c1-17(2,3)19-11-12-8-14(10-16(9-12)20(21)22)13-4-6-15(18)7-5-13/h4-10,19H,11H2,1-3H3. The summed E-state index contributed by atoms with van der Waals surface area (Å²) in [6.45, 7) is 6.76. The van der Waals surface area contributed by atoms with E-state index in [2.05, 4.69) is 26.1 Å². The van der Waals surface area contributed by atoms with Crippen LogP contribution in [0.3, 0.4) is 0 Å². The van der Waals surface area contributed by atoms with Crippen molar-refractivity contribution in [3.63, 3.8) is 0 Å². The molecule has 0 fully saturated rings. The van der Waals surface area contributed by atoms with Gasteiger partial charge in [0.1, 0.15) is 0 Å². The van der Waals surface area contributed by atoms with E-state index < -0.39 is 0 Å². The van der Waals surface area contributed by atoms with Crippen LogP contribution in [0.15, 0.2) is 42.5 Å². The maximum absolute atomic E-state index is 11.2. The molecular formula is C17H19ClN2O2. The minimum atomic E-state index is -0.361. The fraction of sp³-hybridized carbons (Fsp3) is 0.294. The Hall–Kier alpha value is -1.91. The Morgan fingerprint density at radius 1 is 1.09 bits per heavy atom. The lowest BCUT2D eigenvalue weighted by molar-refractivity contribution is -0.384. The van der Waals surface area contributed by atoms with Crippen molar-refractivity contribution >= 4 is 17.3 Å².